The second-order valence-electron chi connectivity index (χ2n) is 9.49. The van der Waals surface area contributed by atoms with Crippen LogP contribution in [0.5, 0.6) is 5.75 Å². The summed E-state index contributed by atoms with van der Waals surface area (Å²) in [5, 5.41) is 3.41. The third-order valence-corrected chi connectivity index (χ3v) is 8.13. The van der Waals surface area contributed by atoms with Gasteiger partial charge in [-0.25, -0.2) is 8.42 Å². The highest BCUT2D eigenvalue weighted by molar-refractivity contribution is 7.92. The number of carbonyl (C=O) groups excluding carboxylic acids is 2. The average Bonchev–Trinajstić information content (AvgIpc) is 2.94. The van der Waals surface area contributed by atoms with Gasteiger partial charge in [-0.15, -0.1) is 0 Å². The van der Waals surface area contributed by atoms with Crippen LogP contribution in [0.3, 0.4) is 0 Å². The van der Waals surface area contributed by atoms with Crippen molar-refractivity contribution < 1.29 is 22.7 Å². The smallest absolute Gasteiger partial charge is 0.264 e. The van der Waals surface area contributed by atoms with E-state index in [2.05, 4.69) is 5.32 Å². The Balaban J connectivity index is 1.99. The van der Waals surface area contributed by atoms with Gasteiger partial charge in [-0.3, -0.25) is 13.9 Å². The number of rotatable bonds is 12. The second kappa shape index (κ2) is 13.5. The number of hydrogen-bond donors (Lipinski definition) is 1. The van der Waals surface area contributed by atoms with Gasteiger partial charge in [0.15, 0.2) is 0 Å². The number of hydrogen-bond acceptors (Lipinski definition) is 5. The summed E-state index contributed by atoms with van der Waals surface area (Å²) >= 11 is 6.03. The van der Waals surface area contributed by atoms with Crippen molar-refractivity contribution in [1.82, 2.24) is 10.2 Å². The highest BCUT2D eigenvalue weighted by Gasteiger charge is 2.32. The van der Waals surface area contributed by atoms with E-state index in [1.54, 1.807) is 73.7 Å². The monoisotopic (exact) mass is 571 g/mol. The van der Waals surface area contributed by atoms with E-state index in [9.17, 15) is 18.0 Å². The predicted molar refractivity (Wildman–Crippen MR) is 153 cm³/mol. The third-order valence-electron chi connectivity index (χ3n) is 6.09. The van der Waals surface area contributed by atoms with E-state index in [1.165, 1.54) is 24.1 Å². The normalized spacial score (nSPS) is 12.1. The van der Waals surface area contributed by atoms with Crippen LogP contribution < -0.4 is 14.4 Å². The fourth-order valence-electron chi connectivity index (χ4n) is 3.82. The van der Waals surface area contributed by atoms with Crippen LogP contribution in [0.15, 0.2) is 83.8 Å². The van der Waals surface area contributed by atoms with Crippen molar-refractivity contribution in [2.45, 2.75) is 38.3 Å². The molecule has 0 saturated heterocycles. The summed E-state index contributed by atoms with van der Waals surface area (Å²) in [4.78, 5) is 28.3. The molecule has 0 unspecified atom stereocenters. The molecular formula is C29H34ClN3O5S. The lowest BCUT2D eigenvalue weighted by Gasteiger charge is -2.32. The average molecular weight is 572 g/mol. The first kappa shape index (κ1) is 30.0. The van der Waals surface area contributed by atoms with E-state index in [-0.39, 0.29) is 29.0 Å². The summed E-state index contributed by atoms with van der Waals surface area (Å²) in [6.45, 7) is 5.61. The van der Waals surface area contributed by atoms with E-state index in [4.69, 9.17) is 16.3 Å². The van der Waals surface area contributed by atoms with Gasteiger partial charge in [0.05, 0.1) is 17.7 Å². The van der Waals surface area contributed by atoms with Gasteiger partial charge in [0, 0.05) is 18.1 Å². The van der Waals surface area contributed by atoms with Crippen molar-refractivity contribution in [3.05, 3.63) is 89.4 Å². The molecule has 0 aliphatic rings. The van der Waals surface area contributed by atoms with Crippen molar-refractivity contribution >= 4 is 39.1 Å². The zero-order valence-corrected chi connectivity index (χ0v) is 24.1. The van der Waals surface area contributed by atoms with Gasteiger partial charge in [-0.05, 0) is 66.9 Å². The molecular weight excluding hydrogens is 538 g/mol. The number of nitrogens with one attached hydrogen (secondary N) is 1. The van der Waals surface area contributed by atoms with Crippen LogP contribution >= 0.6 is 11.6 Å². The first-order chi connectivity index (χ1) is 18.5. The van der Waals surface area contributed by atoms with E-state index in [0.29, 0.717) is 17.3 Å². The van der Waals surface area contributed by atoms with Gasteiger partial charge in [-0.1, -0.05) is 55.8 Å². The number of ether oxygens (including phenoxy) is 1. The van der Waals surface area contributed by atoms with E-state index in [0.717, 1.165) is 9.87 Å². The zero-order valence-electron chi connectivity index (χ0n) is 22.5. The Morgan fingerprint density at radius 2 is 1.54 bits per heavy atom. The Bertz CT molecular complexity index is 1350. The number of nitrogens with zero attached hydrogens (tertiary/aromatic N) is 2. The highest BCUT2D eigenvalue weighted by atomic mass is 35.5. The lowest BCUT2D eigenvalue weighted by atomic mass is 10.1. The Labute approximate surface area is 235 Å². The molecule has 39 heavy (non-hydrogen) atoms. The molecule has 0 radical (unpaired) electrons. The molecule has 3 rings (SSSR count). The van der Waals surface area contributed by atoms with E-state index < -0.39 is 28.5 Å². The molecule has 2 amide bonds. The van der Waals surface area contributed by atoms with Gasteiger partial charge < -0.3 is 15.0 Å². The molecule has 1 N–H and O–H groups in total. The molecule has 0 fully saturated rings. The maximum Gasteiger partial charge on any atom is 0.264 e. The predicted octanol–water partition coefficient (Wildman–Crippen LogP) is 4.73. The van der Waals surface area contributed by atoms with Crippen LogP contribution in [-0.4, -0.2) is 51.4 Å². The summed E-state index contributed by atoms with van der Waals surface area (Å²) in [6.07, 6.45) is 0. The fourth-order valence-corrected chi connectivity index (χ4v) is 5.38. The molecule has 0 heterocycles. The fraction of sp³-hybridized carbons (Fsp3) is 0.310. The summed E-state index contributed by atoms with van der Waals surface area (Å²) in [7, 11) is -2.61. The SMILES string of the molecule is COc1ccc(N(CC(=O)N(Cc2ccc(Cl)cc2)[C@@H](C)C(=O)NCC(C)C)S(=O)(=O)c2ccccc2)cc1. The quantitative estimate of drug-likeness (QED) is 0.339. The van der Waals surface area contributed by atoms with Crippen molar-refractivity contribution in [2.75, 3.05) is 24.5 Å². The maximum absolute atomic E-state index is 13.9. The summed E-state index contributed by atoms with van der Waals surface area (Å²) in [5.74, 6) is -0.0921. The summed E-state index contributed by atoms with van der Waals surface area (Å²) in [6, 6.07) is 20.4. The largest absolute Gasteiger partial charge is 0.497 e. The van der Waals surface area contributed by atoms with Crippen LogP contribution in [0.2, 0.25) is 5.02 Å². The zero-order chi connectivity index (χ0) is 28.6. The molecule has 8 nitrogen and oxygen atoms in total. The topological polar surface area (TPSA) is 96.0 Å². The molecule has 1 atom stereocenters. The minimum Gasteiger partial charge on any atom is -0.497 e. The third kappa shape index (κ3) is 7.97. The molecule has 3 aromatic carbocycles. The minimum atomic E-state index is -4.12. The molecule has 0 aliphatic heterocycles. The molecule has 3 aromatic rings. The summed E-state index contributed by atoms with van der Waals surface area (Å²) in [5.41, 5.74) is 1.04. The number of carbonyl (C=O) groups is 2. The maximum atomic E-state index is 13.9. The van der Waals surface area contributed by atoms with Gasteiger partial charge in [0.2, 0.25) is 11.8 Å². The van der Waals surface area contributed by atoms with Crippen LogP contribution in [0.4, 0.5) is 5.69 Å². The first-order valence-corrected chi connectivity index (χ1v) is 14.4. The second-order valence-corrected chi connectivity index (χ2v) is 11.8. The number of halogens is 1. The van der Waals surface area contributed by atoms with E-state index in [1.807, 2.05) is 13.8 Å². The lowest BCUT2D eigenvalue weighted by Crippen LogP contribution is -2.51. The Morgan fingerprint density at radius 3 is 2.10 bits per heavy atom. The number of benzene rings is 3. The van der Waals surface area contributed by atoms with Gasteiger partial charge in [0.25, 0.3) is 10.0 Å². The van der Waals surface area contributed by atoms with Crippen LogP contribution in [0, 0.1) is 5.92 Å². The van der Waals surface area contributed by atoms with Gasteiger partial charge in [0.1, 0.15) is 18.3 Å². The highest BCUT2D eigenvalue weighted by Crippen LogP contribution is 2.26. The Morgan fingerprint density at radius 1 is 0.923 bits per heavy atom. The van der Waals surface area contributed by atoms with Crippen LogP contribution in [-0.2, 0) is 26.2 Å². The number of amides is 2. The number of methoxy groups -OCH3 is 1. The molecule has 0 aromatic heterocycles. The Hall–Kier alpha value is -3.56. The van der Waals surface area contributed by atoms with Crippen molar-refractivity contribution in [3.63, 3.8) is 0 Å². The van der Waals surface area contributed by atoms with Crippen molar-refractivity contribution in [3.8, 4) is 5.75 Å². The molecule has 10 heteroatoms. The van der Waals surface area contributed by atoms with Crippen LogP contribution in [0.25, 0.3) is 0 Å². The first-order valence-electron chi connectivity index (χ1n) is 12.6. The van der Waals surface area contributed by atoms with E-state index >= 15 is 0 Å². The van der Waals surface area contributed by atoms with Gasteiger partial charge in [-0.2, -0.15) is 0 Å². The standard InChI is InChI=1S/C29H34ClN3O5S/c1-21(2)18-31-29(35)22(3)32(19-23-10-12-24(30)13-11-23)28(34)20-33(25-14-16-26(38-4)17-15-25)39(36,37)27-8-6-5-7-9-27/h5-17,21-22H,18-20H2,1-4H3,(H,31,35)/t22-/m0/s1. The molecule has 0 aliphatic carbocycles. The summed E-state index contributed by atoms with van der Waals surface area (Å²) < 4.78 is 33.8. The van der Waals surface area contributed by atoms with Crippen molar-refractivity contribution in [1.29, 1.82) is 0 Å². The minimum absolute atomic E-state index is 0.0422. The van der Waals surface area contributed by atoms with Crippen molar-refractivity contribution in [2.24, 2.45) is 5.92 Å². The molecule has 0 saturated carbocycles. The number of anilines is 1. The number of sulfonamides is 1. The molecule has 0 spiro atoms. The lowest BCUT2D eigenvalue weighted by molar-refractivity contribution is -0.139. The van der Waals surface area contributed by atoms with Gasteiger partial charge >= 0.3 is 0 Å². The van der Waals surface area contributed by atoms with Crippen LogP contribution in [0.1, 0.15) is 26.3 Å². The molecule has 0 bridgehead atoms. The Kier molecular flexibility index (Phi) is 10.4. The molecule has 208 valence electrons.